The third-order valence-corrected chi connectivity index (χ3v) is 2.60. The standard InChI is InChI=1S/C13H13FN2O/c1-3-12-10(8-16(2)15-12)13(17)9-6-4-5-7-11(9)14/h4-8H,3H2,1-2H3. The number of hydrogen-bond donors (Lipinski definition) is 0. The van der Waals surface area contributed by atoms with E-state index in [4.69, 9.17) is 0 Å². The summed E-state index contributed by atoms with van der Waals surface area (Å²) in [5.74, 6) is -0.809. The third-order valence-electron chi connectivity index (χ3n) is 2.60. The highest BCUT2D eigenvalue weighted by Crippen LogP contribution is 2.16. The summed E-state index contributed by atoms with van der Waals surface area (Å²) in [5, 5.41) is 4.18. The second-order valence-corrected chi connectivity index (χ2v) is 3.83. The van der Waals surface area contributed by atoms with Crippen molar-refractivity contribution in [1.29, 1.82) is 0 Å². The van der Waals surface area contributed by atoms with Gasteiger partial charge in [-0.25, -0.2) is 4.39 Å². The quantitative estimate of drug-likeness (QED) is 0.761. The normalized spacial score (nSPS) is 10.5. The van der Waals surface area contributed by atoms with Crippen LogP contribution in [0.15, 0.2) is 30.5 Å². The van der Waals surface area contributed by atoms with E-state index in [-0.39, 0.29) is 11.3 Å². The molecule has 0 spiro atoms. The van der Waals surface area contributed by atoms with Crippen LogP contribution in [-0.2, 0) is 13.5 Å². The molecule has 0 aliphatic rings. The van der Waals surface area contributed by atoms with Gasteiger partial charge in [-0.1, -0.05) is 19.1 Å². The number of aryl methyl sites for hydroxylation is 2. The summed E-state index contributed by atoms with van der Waals surface area (Å²) in [4.78, 5) is 12.2. The zero-order valence-electron chi connectivity index (χ0n) is 9.77. The number of carbonyl (C=O) groups is 1. The Morgan fingerprint density at radius 1 is 1.35 bits per heavy atom. The molecular formula is C13H13FN2O. The lowest BCUT2D eigenvalue weighted by Crippen LogP contribution is -2.05. The lowest BCUT2D eigenvalue weighted by atomic mass is 10.0. The predicted molar refractivity (Wildman–Crippen MR) is 62.4 cm³/mol. The lowest BCUT2D eigenvalue weighted by molar-refractivity contribution is 0.103. The molecule has 17 heavy (non-hydrogen) atoms. The fourth-order valence-corrected chi connectivity index (χ4v) is 1.78. The SMILES string of the molecule is CCc1nn(C)cc1C(=O)c1ccccc1F. The van der Waals surface area contributed by atoms with Crippen molar-refractivity contribution in [2.45, 2.75) is 13.3 Å². The van der Waals surface area contributed by atoms with E-state index in [0.29, 0.717) is 17.7 Å². The van der Waals surface area contributed by atoms with Gasteiger partial charge in [-0.15, -0.1) is 0 Å². The maximum absolute atomic E-state index is 13.5. The van der Waals surface area contributed by atoms with E-state index in [1.165, 1.54) is 12.1 Å². The van der Waals surface area contributed by atoms with Crippen LogP contribution in [0.1, 0.15) is 28.5 Å². The predicted octanol–water partition coefficient (Wildman–Crippen LogP) is 2.35. The van der Waals surface area contributed by atoms with Gasteiger partial charge in [0.05, 0.1) is 16.8 Å². The molecule has 4 heteroatoms. The molecule has 0 amide bonds. The first-order valence-electron chi connectivity index (χ1n) is 5.45. The van der Waals surface area contributed by atoms with Crippen LogP contribution in [-0.4, -0.2) is 15.6 Å². The number of ketones is 1. The summed E-state index contributed by atoms with van der Waals surface area (Å²) >= 11 is 0. The van der Waals surface area contributed by atoms with Crippen molar-refractivity contribution in [3.8, 4) is 0 Å². The van der Waals surface area contributed by atoms with Gasteiger partial charge in [-0.2, -0.15) is 5.10 Å². The molecule has 3 nitrogen and oxygen atoms in total. The first-order valence-corrected chi connectivity index (χ1v) is 5.45. The molecule has 0 atom stereocenters. The molecule has 0 N–H and O–H groups in total. The Kier molecular flexibility index (Phi) is 3.04. The Hall–Kier alpha value is -1.97. The molecule has 0 bridgehead atoms. The van der Waals surface area contributed by atoms with Gasteiger partial charge in [0.2, 0.25) is 0 Å². The minimum absolute atomic E-state index is 0.0928. The number of carbonyl (C=O) groups excluding carboxylic acids is 1. The highest BCUT2D eigenvalue weighted by Gasteiger charge is 2.18. The Morgan fingerprint density at radius 2 is 2.06 bits per heavy atom. The Bertz CT molecular complexity index is 560. The molecule has 2 aromatic rings. The fraction of sp³-hybridized carbons (Fsp3) is 0.231. The van der Waals surface area contributed by atoms with Crippen molar-refractivity contribution >= 4 is 5.78 Å². The molecule has 88 valence electrons. The molecule has 2 rings (SSSR count). The van der Waals surface area contributed by atoms with Gasteiger partial charge in [-0.3, -0.25) is 9.48 Å². The second kappa shape index (κ2) is 4.49. The number of nitrogens with zero attached hydrogens (tertiary/aromatic N) is 2. The zero-order valence-corrected chi connectivity index (χ0v) is 9.77. The second-order valence-electron chi connectivity index (χ2n) is 3.83. The summed E-state index contributed by atoms with van der Waals surface area (Å²) in [6, 6.07) is 5.99. The molecule has 0 saturated heterocycles. The van der Waals surface area contributed by atoms with Crippen LogP contribution in [0.5, 0.6) is 0 Å². The summed E-state index contributed by atoms with van der Waals surface area (Å²) in [6.07, 6.45) is 2.28. The smallest absolute Gasteiger partial charge is 0.199 e. The first kappa shape index (κ1) is 11.5. The molecule has 0 aliphatic carbocycles. The summed E-state index contributed by atoms with van der Waals surface area (Å²) in [7, 11) is 1.75. The number of aromatic nitrogens is 2. The van der Waals surface area contributed by atoms with Crippen molar-refractivity contribution in [3.63, 3.8) is 0 Å². The number of hydrogen-bond acceptors (Lipinski definition) is 2. The molecule has 1 heterocycles. The van der Waals surface area contributed by atoms with Crippen LogP contribution in [0.3, 0.4) is 0 Å². The van der Waals surface area contributed by atoms with Crippen LogP contribution >= 0.6 is 0 Å². The van der Waals surface area contributed by atoms with E-state index in [1.54, 1.807) is 30.1 Å². The molecule has 0 saturated carbocycles. The number of halogens is 1. The number of rotatable bonds is 3. The largest absolute Gasteiger partial charge is 0.288 e. The Balaban J connectivity index is 2.47. The van der Waals surface area contributed by atoms with E-state index in [9.17, 15) is 9.18 Å². The van der Waals surface area contributed by atoms with Crippen LogP contribution in [0, 0.1) is 5.82 Å². The zero-order chi connectivity index (χ0) is 12.4. The maximum Gasteiger partial charge on any atom is 0.199 e. The topological polar surface area (TPSA) is 34.9 Å². The minimum atomic E-state index is -0.497. The Labute approximate surface area is 98.9 Å². The van der Waals surface area contributed by atoms with Crippen LogP contribution in [0.4, 0.5) is 4.39 Å². The average molecular weight is 232 g/mol. The molecule has 1 aromatic carbocycles. The fourth-order valence-electron chi connectivity index (χ4n) is 1.78. The summed E-state index contributed by atoms with van der Waals surface area (Å²) < 4.78 is 15.1. The molecule has 1 aromatic heterocycles. The van der Waals surface area contributed by atoms with E-state index in [2.05, 4.69) is 5.10 Å². The van der Waals surface area contributed by atoms with Crippen molar-refractivity contribution in [2.24, 2.45) is 7.05 Å². The molecule has 0 fully saturated rings. The monoisotopic (exact) mass is 232 g/mol. The third kappa shape index (κ3) is 2.11. The van der Waals surface area contributed by atoms with Crippen molar-refractivity contribution in [1.82, 2.24) is 9.78 Å². The molecule has 0 radical (unpaired) electrons. The van der Waals surface area contributed by atoms with Gasteiger partial charge >= 0.3 is 0 Å². The van der Waals surface area contributed by atoms with E-state index in [0.717, 1.165) is 0 Å². The van der Waals surface area contributed by atoms with Crippen molar-refractivity contribution < 1.29 is 9.18 Å². The average Bonchev–Trinajstić information content (AvgIpc) is 2.70. The van der Waals surface area contributed by atoms with Gasteiger partial charge in [0, 0.05) is 13.2 Å². The van der Waals surface area contributed by atoms with Crippen LogP contribution < -0.4 is 0 Å². The van der Waals surface area contributed by atoms with Gasteiger partial charge in [0.1, 0.15) is 5.82 Å². The Morgan fingerprint density at radius 3 is 2.71 bits per heavy atom. The summed E-state index contributed by atoms with van der Waals surface area (Å²) in [6.45, 7) is 1.92. The van der Waals surface area contributed by atoms with E-state index in [1.807, 2.05) is 6.92 Å². The minimum Gasteiger partial charge on any atom is -0.288 e. The van der Waals surface area contributed by atoms with Gasteiger partial charge in [0.25, 0.3) is 0 Å². The molecule has 0 unspecified atom stereocenters. The maximum atomic E-state index is 13.5. The number of benzene rings is 1. The lowest BCUT2D eigenvalue weighted by Gasteiger charge is -2.01. The first-order chi connectivity index (χ1) is 8.13. The molecular weight excluding hydrogens is 219 g/mol. The highest BCUT2D eigenvalue weighted by molar-refractivity contribution is 6.09. The highest BCUT2D eigenvalue weighted by atomic mass is 19.1. The summed E-state index contributed by atoms with van der Waals surface area (Å²) in [5.41, 5.74) is 1.26. The molecule has 0 aliphatic heterocycles. The van der Waals surface area contributed by atoms with Crippen LogP contribution in [0.25, 0.3) is 0 Å². The van der Waals surface area contributed by atoms with E-state index < -0.39 is 5.82 Å². The van der Waals surface area contributed by atoms with Crippen molar-refractivity contribution in [3.05, 3.63) is 53.1 Å². The van der Waals surface area contributed by atoms with Crippen molar-refractivity contribution in [2.75, 3.05) is 0 Å². The van der Waals surface area contributed by atoms with Gasteiger partial charge < -0.3 is 0 Å². The van der Waals surface area contributed by atoms with E-state index >= 15 is 0 Å². The van der Waals surface area contributed by atoms with Crippen LogP contribution in [0.2, 0.25) is 0 Å². The van der Waals surface area contributed by atoms with Gasteiger partial charge in [0.15, 0.2) is 5.78 Å². The van der Waals surface area contributed by atoms with Gasteiger partial charge in [-0.05, 0) is 18.6 Å².